The lowest BCUT2D eigenvalue weighted by molar-refractivity contribution is -0.384. The Balaban J connectivity index is 1.42. The van der Waals surface area contributed by atoms with Crippen molar-refractivity contribution in [2.24, 2.45) is 0 Å². The van der Waals surface area contributed by atoms with Crippen LogP contribution in [0.3, 0.4) is 0 Å². The van der Waals surface area contributed by atoms with Crippen molar-refractivity contribution in [3.05, 3.63) is 27.8 Å². The molecule has 3 fully saturated rings. The Morgan fingerprint density at radius 3 is 2.23 bits per heavy atom. The lowest BCUT2D eigenvalue weighted by atomic mass is 10.00. The topological polar surface area (TPSA) is 91.2 Å². The number of hydrogen-bond donors (Lipinski definition) is 1. The molecule has 3 aliphatic heterocycles. The molecule has 4 rings (SSSR count). The summed E-state index contributed by atoms with van der Waals surface area (Å²) in [5.41, 5.74) is 2.24. The number of benzene rings is 1. The quantitative estimate of drug-likeness (QED) is 0.472. The minimum Gasteiger partial charge on any atom is -0.444 e. The van der Waals surface area contributed by atoms with Gasteiger partial charge in [-0.15, -0.1) is 0 Å². The molecular weight excluding hydrogens is 446 g/mol. The van der Waals surface area contributed by atoms with E-state index in [0.717, 1.165) is 50.0 Å². The van der Waals surface area contributed by atoms with Crippen LogP contribution in [-0.2, 0) is 4.74 Å². The van der Waals surface area contributed by atoms with Crippen LogP contribution < -0.4 is 10.2 Å². The maximum Gasteiger partial charge on any atom is 0.410 e. The summed E-state index contributed by atoms with van der Waals surface area (Å²) in [4.78, 5) is 30.7. The Morgan fingerprint density at radius 1 is 1.03 bits per heavy atom. The third-order valence-corrected chi connectivity index (χ3v) is 7.57. The van der Waals surface area contributed by atoms with Crippen molar-refractivity contribution in [1.29, 1.82) is 0 Å². The minimum atomic E-state index is -0.521. The van der Waals surface area contributed by atoms with E-state index in [2.05, 4.69) is 15.1 Å². The molecule has 3 aliphatic rings. The van der Waals surface area contributed by atoms with E-state index in [1.165, 1.54) is 25.9 Å². The van der Waals surface area contributed by atoms with E-state index in [9.17, 15) is 14.9 Å². The fourth-order valence-electron chi connectivity index (χ4n) is 5.68. The second-order valence-corrected chi connectivity index (χ2v) is 11.2. The highest BCUT2D eigenvalue weighted by atomic mass is 16.6. The van der Waals surface area contributed by atoms with E-state index in [4.69, 9.17) is 4.74 Å². The average molecular weight is 488 g/mol. The summed E-state index contributed by atoms with van der Waals surface area (Å²) in [6.07, 6.45) is 6.06. The van der Waals surface area contributed by atoms with Gasteiger partial charge in [0.1, 0.15) is 11.3 Å². The van der Waals surface area contributed by atoms with Crippen molar-refractivity contribution in [2.75, 3.05) is 49.5 Å². The SMILES string of the molecule is Cc1c(N2CCC(N3CCCC3)CC2)ccc([N+](=O)[O-])c1NC1CCN(C(=O)OC(C)(C)C)CC1. The first-order valence-corrected chi connectivity index (χ1v) is 13.1. The van der Waals surface area contributed by atoms with E-state index in [-0.39, 0.29) is 22.7 Å². The van der Waals surface area contributed by atoms with Crippen molar-refractivity contribution in [3.8, 4) is 0 Å². The van der Waals surface area contributed by atoms with Gasteiger partial charge in [-0.05, 0) is 85.4 Å². The van der Waals surface area contributed by atoms with Gasteiger partial charge in [0.25, 0.3) is 5.69 Å². The van der Waals surface area contributed by atoms with Crippen LogP contribution in [0.4, 0.5) is 21.9 Å². The molecule has 0 atom stereocenters. The van der Waals surface area contributed by atoms with E-state index in [0.29, 0.717) is 24.8 Å². The zero-order valence-electron chi connectivity index (χ0n) is 21.7. The molecule has 9 nitrogen and oxygen atoms in total. The number of anilines is 2. The molecule has 0 unspecified atom stereocenters. The molecule has 1 aromatic rings. The first-order valence-electron chi connectivity index (χ1n) is 13.1. The predicted molar refractivity (Wildman–Crippen MR) is 138 cm³/mol. The molecule has 1 N–H and O–H groups in total. The molecule has 0 radical (unpaired) electrons. The third-order valence-electron chi connectivity index (χ3n) is 7.57. The fourth-order valence-corrected chi connectivity index (χ4v) is 5.68. The third kappa shape index (κ3) is 6.18. The van der Waals surface area contributed by atoms with Crippen LogP contribution in [-0.4, -0.2) is 77.8 Å². The molecule has 3 saturated heterocycles. The second-order valence-electron chi connectivity index (χ2n) is 11.2. The second kappa shape index (κ2) is 10.6. The predicted octanol–water partition coefficient (Wildman–Crippen LogP) is 4.78. The molecule has 0 bridgehead atoms. The maximum atomic E-state index is 12.4. The molecular formula is C26H41N5O4. The number of ether oxygens (including phenoxy) is 1. The number of nitro groups is 1. The Labute approximate surface area is 208 Å². The van der Waals surface area contributed by atoms with E-state index in [1.807, 2.05) is 33.8 Å². The summed E-state index contributed by atoms with van der Waals surface area (Å²) >= 11 is 0. The first-order chi connectivity index (χ1) is 16.6. The molecule has 35 heavy (non-hydrogen) atoms. The van der Waals surface area contributed by atoms with Crippen molar-refractivity contribution in [2.45, 2.75) is 83.9 Å². The van der Waals surface area contributed by atoms with E-state index < -0.39 is 5.60 Å². The van der Waals surface area contributed by atoms with Crippen LogP contribution in [0.1, 0.15) is 64.9 Å². The Bertz CT molecular complexity index is 909. The van der Waals surface area contributed by atoms with Crippen LogP contribution >= 0.6 is 0 Å². The van der Waals surface area contributed by atoms with Gasteiger partial charge in [0.2, 0.25) is 0 Å². The van der Waals surface area contributed by atoms with E-state index >= 15 is 0 Å². The number of piperidine rings is 2. The van der Waals surface area contributed by atoms with Crippen LogP contribution in [0.25, 0.3) is 0 Å². The van der Waals surface area contributed by atoms with Gasteiger partial charge in [-0.1, -0.05) is 0 Å². The Morgan fingerprint density at radius 2 is 1.66 bits per heavy atom. The summed E-state index contributed by atoms with van der Waals surface area (Å²) in [6, 6.07) is 4.30. The summed E-state index contributed by atoms with van der Waals surface area (Å²) in [5, 5.41) is 15.3. The van der Waals surface area contributed by atoms with Gasteiger partial charge in [0.15, 0.2) is 0 Å². The lowest BCUT2D eigenvalue weighted by Crippen LogP contribution is -2.45. The van der Waals surface area contributed by atoms with Gasteiger partial charge in [-0.2, -0.15) is 0 Å². The molecule has 0 saturated carbocycles. The number of hydrogen-bond acceptors (Lipinski definition) is 7. The van der Waals surface area contributed by atoms with Gasteiger partial charge in [0, 0.05) is 55.6 Å². The molecule has 3 heterocycles. The Kier molecular flexibility index (Phi) is 7.73. The van der Waals surface area contributed by atoms with Gasteiger partial charge < -0.3 is 24.8 Å². The smallest absolute Gasteiger partial charge is 0.410 e. The fraction of sp³-hybridized carbons (Fsp3) is 0.731. The van der Waals surface area contributed by atoms with Gasteiger partial charge in [0.05, 0.1) is 4.92 Å². The van der Waals surface area contributed by atoms with Gasteiger partial charge in [-0.25, -0.2) is 4.79 Å². The first kappa shape index (κ1) is 25.5. The summed E-state index contributed by atoms with van der Waals surface area (Å²) < 4.78 is 5.49. The average Bonchev–Trinajstić information content (AvgIpc) is 3.35. The maximum absolute atomic E-state index is 12.4. The summed E-state index contributed by atoms with van der Waals surface area (Å²) in [7, 11) is 0. The molecule has 0 aliphatic carbocycles. The summed E-state index contributed by atoms with van der Waals surface area (Å²) in [5.74, 6) is 0. The lowest BCUT2D eigenvalue weighted by Gasteiger charge is -2.39. The highest BCUT2D eigenvalue weighted by molar-refractivity contribution is 5.76. The van der Waals surface area contributed by atoms with Crippen LogP contribution in [0.2, 0.25) is 0 Å². The van der Waals surface area contributed by atoms with Crippen molar-refractivity contribution in [3.63, 3.8) is 0 Å². The van der Waals surface area contributed by atoms with Crippen molar-refractivity contribution < 1.29 is 14.5 Å². The monoisotopic (exact) mass is 487 g/mol. The molecule has 1 aromatic carbocycles. The van der Waals surface area contributed by atoms with Crippen LogP contribution in [0.15, 0.2) is 12.1 Å². The number of likely N-dealkylation sites (tertiary alicyclic amines) is 2. The highest BCUT2D eigenvalue weighted by Crippen LogP contribution is 2.37. The van der Waals surface area contributed by atoms with Gasteiger partial charge >= 0.3 is 6.09 Å². The largest absolute Gasteiger partial charge is 0.444 e. The number of carbonyl (C=O) groups is 1. The van der Waals surface area contributed by atoms with E-state index in [1.54, 1.807) is 11.0 Å². The minimum absolute atomic E-state index is 0.0715. The number of nitrogens with one attached hydrogen (secondary N) is 1. The van der Waals surface area contributed by atoms with Gasteiger partial charge in [-0.3, -0.25) is 10.1 Å². The van der Waals surface area contributed by atoms with Crippen LogP contribution in [0, 0.1) is 17.0 Å². The van der Waals surface area contributed by atoms with Crippen molar-refractivity contribution in [1.82, 2.24) is 9.80 Å². The van der Waals surface area contributed by atoms with Crippen LogP contribution in [0.5, 0.6) is 0 Å². The number of rotatable bonds is 5. The Hall–Kier alpha value is -2.55. The number of nitrogens with zero attached hydrogens (tertiary/aromatic N) is 4. The molecule has 1 amide bonds. The number of amides is 1. The molecule has 9 heteroatoms. The normalized spacial score (nSPS) is 20.8. The van der Waals surface area contributed by atoms with Crippen molar-refractivity contribution >= 4 is 23.2 Å². The number of nitro benzene ring substituents is 1. The standard InChI is InChI=1S/C26H41N5O4/c1-19-22(29-17-11-21(12-18-29)28-13-5-6-14-28)7-8-23(31(33)34)24(19)27-20-9-15-30(16-10-20)25(32)35-26(2,3)4/h7-8,20-21,27H,5-6,9-18H2,1-4H3. The highest BCUT2D eigenvalue weighted by Gasteiger charge is 2.31. The molecule has 0 spiro atoms. The molecule has 194 valence electrons. The summed E-state index contributed by atoms with van der Waals surface area (Å²) in [6.45, 7) is 13.1. The molecule has 0 aromatic heterocycles. The number of carbonyl (C=O) groups excluding carboxylic acids is 1. The zero-order chi connectivity index (χ0) is 25.2. The zero-order valence-corrected chi connectivity index (χ0v) is 21.7.